The van der Waals surface area contributed by atoms with Crippen LogP contribution in [-0.2, 0) is 0 Å². The lowest BCUT2D eigenvalue weighted by Gasteiger charge is -2.05. The summed E-state index contributed by atoms with van der Waals surface area (Å²) in [7, 11) is 0. The van der Waals surface area contributed by atoms with Crippen molar-refractivity contribution in [3.63, 3.8) is 0 Å². The second kappa shape index (κ2) is 7.75. The summed E-state index contributed by atoms with van der Waals surface area (Å²) in [5.74, 6) is -0.327. The first-order valence-corrected chi connectivity index (χ1v) is 10.3. The highest BCUT2D eigenvalue weighted by molar-refractivity contribution is 9.10. The van der Waals surface area contributed by atoms with Gasteiger partial charge in [-0.05, 0) is 48.5 Å². The van der Waals surface area contributed by atoms with Crippen LogP contribution < -0.4 is 10.9 Å². The molecule has 0 fully saturated rings. The number of nitrogens with zero attached hydrogens (tertiary/aromatic N) is 2. The Morgan fingerprint density at radius 3 is 2.59 bits per heavy atom. The summed E-state index contributed by atoms with van der Waals surface area (Å²) >= 11 is 8.19. The topological polar surface area (TPSA) is 67.5 Å². The van der Waals surface area contributed by atoms with E-state index in [4.69, 9.17) is 4.42 Å². The first-order valence-electron chi connectivity index (χ1n) is 7.83. The van der Waals surface area contributed by atoms with Gasteiger partial charge in [0, 0.05) is 25.9 Å². The minimum absolute atomic E-state index is 0.237. The molecule has 4 rings (SSSR count). The zero-order valence-electron chi connectivity index (χ0n) is 13.6. The van der Waals surface area contributed by atoms with E-state index in [2.05, 4.69) is 47.2 Å². The van der Waals surface area contributed by atoms with Gasteiger partial charge in [-0.3, -0.25) is 10.1 Å². The van der Waals surface area contributed by atoms with Crippen molar-refractivity contribution in [1.29, 1.82) is 0 Å². The minimum Gasteiger partial charge on any atom is -0.438 e. The maximum absolute atomic E-state index is 12.8. The van der Waals surface area contributed by atoms with Gasteiger partial charge in [0.25, 0.3) is 5.91 Å². The van der Waals surface area contributed by atoms with Gasteiger partial charge in [-0.1, -0.05) is 31.9 Å². The van der Waals surface area contributed by atoms with Crippen LogP contribution in [0.1, 0.15) is 10.4 Å². The average molecular weight is 505 g/mol. The molecule has 0 saturated carbocycles. The molecule has 2 heterocycles. The third-order valence-corrected chi connectivity index (χ3v) is 5.37. The van der Waals surface area contributed by atoms with Gasteiger partial charge >= 0.3 is 0 Å². The monoisotopic (exact) mass is 503 g/mol. The van der Waals surface area contributed by atoms with E-state index in [0.717, 1.165) is 14.3 Å². The van der Waals surface area contributed by atoms with Gasteiger partial charge in [0.05, 0.1) is 5.69 Å². The highest BCUT2D eigenvalue weighted by atomic mass is 79.9. The van der Waals surface area contributed by atoms with E-state index in [1.807, 2.05) is 42.5 Å². The van der Waals surface area contributed by atoms with Crippen molar-refractivity contribution in [2.75, 3.05) is 5.32 Å². The zero-order chi connectivity index (χ0) is 18.8. The van der Waals surface area contributed by atoms with Crippen LogP contribution in [0.15, 0.2) is 78.5 Å². The lowest BCUT2D eigenvalue weighted by atomic mass is 10.1. The molecule has 1 amide bonds. The van der Waals surface area contributed by atoms with Crippen molar-refractivity contribution in [1.82, 2.24) is 4.98 Å². The minimum atomic E-state index is -0.327. The van der Waals surface area contributed by atoms with Gasteiger partial charge in [-0.25, -0.2) is 9.98 Å². The molecule has 1 N–H and O–H groups in total. The molecule has 0 saturated heterocycles. The summed E-state index contributed by atoms with van der Waals surface area (Å²) in [6.07, 6.45) is 1.63. The molecule has 0 atom stereocenters. The smallest absolute Gasteiger partial charge is 0.262 e. The van der Waals surface area contributed by atoms with Gasteiger partial charge in [0.15, 0.2) is 5.13 Å². The van der Waals surface area contributed by atoms with Crippen molar-refractivity contribution >= 4 is 70.9 Å². The molecule has 5 nitrogen and oxygen atoms in total. The van der Waals surface area contributed by atoms with Crippen LogP contribution in [0.25, 0.3) is 11.0 Å². The Morgan fingerprint density at radius 2 is 1.85 bits per heavy atom. The Balaban J connectivity index is 1.87. The van der Waals surface area contributed by atoms with E-state index in [1.54, 1.807) is 17.6 Å². The second-order valence-corrected chi connectivity index (χ2v) is 8.25. The number of rotatable bonds is 3. The summed E-state index contributed by atoms with van der Waals surface area (Å²) < 4.78 is 7.79. The molecular formula is C19H11Br2N3O2S. The fourth-order valence-corrected chi connectivity index (χ4v) is 3.60. The van der Waals surface area contributed by atoms with E-state index >= 15 is 0 Å². The third kappa shape index (κ3) is 4.18. The van der Waals surface area contributed by atoms with Gasteiger partial charge in [0.2, 0.25) is 5.55 Å². The lowest BCUT2D eigenvalue weighted by molar-refractivity contribution is 0.102. The molecule has 0 aliphatic rings. The number of anilines is 1. The van der Waals surface area contributed by atoms with Gasteiger partial charge in [-0.15, -0.1) is 11.3 Å². The van der Waals surface area contributed by atoms with E-state index in [0.29, 0.717) is 22.0 Å². The fourth-order valence-electron chi connectivity index (χ4n) is 2.43. The summed E-state index contributed by atoms with van der Waals surface area (Å²) in [6.45, 7) is 0. The Hall–Kier alpha value is -2.29. The number of hydrogen-bond donors (Lipinski definition) is 1. The number of amides is 1. The van der Waals surface area contributed by atoms with Crippen molar-refractivity contribution in [2.45, 2.75) is 0 Å². The quantitative estimate of drug-likeness (QED) is 0.377. The van der Waals surface area contributed by atoms with Crippen LogP contribution in [0, 0.1) is 0 Å². The number of thiazole rings is 1. The molecule has 8 heteroatoms. The van der Waals surface area contributed by atoms with Crippen molar-refractivity contribution < 1.29 is 9.21 Å². The van der Waals surface area contributed by atoms with Gasteiger partial charge < -0.3 is 4.42 Å². The van der Waals surface area contributed by atoms with E-state index in [1.165, 1.54) is 11.3 Å². The fraction of sp³-hybridized carbons (Fsp3) is 0. The molecule has 0 spiro atoms. The summed E-state index contributed by atoms with van der Waals surface area (Å²) in [5.41, 5.74) is 1.89. The molecule has 2 aromatic heterocycles. The summed E-state index contributed by atoms with van der Waals surface area (Å²) in [6, 6.07) is 14.8. The number of carbonyl (C=O) groups is 1. The van der Waals surface area contributed by atoms with E-state index in [-0.39, 0.29) is 11.5 Å². The van der Waals surface area contributed by atoms with Crippen LogP contribution >= 0.6 is 43.2 Å². The molecule has 2 aromatic carbocycles. The van der Waals surface area contributed by atoms with Crippen LogP contribution in [0.2, 0.25) is 0 Å². The van der Waals surface area contributed by atoms with E-state index in [9.17, 15) is 4.79 Å². The standard InChI is InChI=1S/C19H11Br2N3O2S/c20-12-1-4-14(5-2-12)23-18-15(17(25)24-19-22-7-8-27-19)10-11-9-13(21)3-6-16(11)26-18/h1-10H,(H,22,24,25). The first kappa shape index (κ1) is 18.1. The van der Waals surface area contributed by atoms with Crippen LogP contribution in [0.5, 0.6) is 0 Å². The third-order valence-electron chi connectivity index (χ3n) is 3.66. The Morgan fingerprint density at radius 1 is 1.07 bits per heavy atom. The molecule has 4 aromatic rings. The maximum atomic E-state index is 12.8. The molecule has 0 unspecified atom stereocenters. The molecular weight excluding hydrogens is 494 g/mol. The number of fused-ring (bicyclic) bond motifs is 1. The number of benzene rings is 2. The number of nitrogens with one attached hydrogen (secondary N) is 1. The van der Waals surface area contributed by atoms with Gasteiger partial charge in [-0.2, -0.15) is 0 Å². The van der Waals surface area contributed by atoms with Crippen molar-refractivity contribution in [3.05, 3.63) is 80.2 Å². The Kier molecular flexibility index (Phi) is 5.20. The summed E-state index contributed by atoms with van der Waals surface area (Å²) in [5, 5.41) is 5.89. The molecule has 0 aliphatic heterocycles. The largest absolute Gasteiger partial charge is 0.438 e. The van der Waals surface area contributed by atoms with Crippen LogP contribution in [0.3, 0.4) is 0 Å². The molecule has 134 valence electrons. The highest BCUT2D eigenvalue weighted by Gasteiger charge is 2.14. The Labute approximate surface area is 175 Å². The molecule has 0 radical (unpaired) electrons. The predicted octanol–water partition coefficient (Wildman–Crippen LogP) is 5.90. The summed E-state index contributed by atoms with van der Waals surface area (Å²) in [4.78, 5) is 21.4. The lowest BCUT2D eigenvalue weighted by Crippen LogP contribution is -2.21. The second-order valence-electron chi connectivity index (χ2n) is 5.53. The van der Waals surface area contributed by atoms with Gasteiger partial charge in [0.1, 0.15) is 11.1 Å². The van der Waals surface area contributed by atoms with Crippen molar-refractivity contribution in [3.8, 4) is 0 Å². The number of carbonyl (C=O) groups excluding carboxylic acids is 1. The normalized spacial score (nSPS) is 11.7. The number of hydrogen-bond acceptors (Lipinski definition) is 5. The number of halogens is 2. The van der Waals surface area contributed by atoms with Crippen LogP contribution in [0.4, 0.5) is 10.8 Å². The average Bonchev–Trinajstić information content (AvgIpc) is 3.16. The molecule has 0 aliphatic carbocycles. The molecule has 0 bridgehead atoms. The zero-order valence-corrected chi connectivity index (χ0v) is 17.6. The SMILES string of the molecule is O=C(Nc1nccs1)c1cc2cc(Br)ccc2oc1=Nc1ccc(Br)cc1. The number of aromatic nitrogens is 1. The first-order chi connectivity index (χ1) is 13.1. The van der Waals surface area contributed by atoms with E-state index < -0.39 is 0 Å². The Bertz CT molecular complexity index is 1190. The predicted molar refractivity (Wildman–Crippen MR) is 113 cm³/mol. The molecule has 27 heavy (non-hydrogen) atoms. The van der Waals surface area contributed by atoms with Crippen molar-refractivity contribution in [2.24, 2.45) is 4.99 Å². The van der Waals surface area contributed by atoms with Crippen LogP contribution in [-0.4, -0.2) is 10.9 Å². The maximum Gasteiger partial charge on any atom is 0.262 e. The highest BCUT2D eigenvalue weighted by Crippen LogP contribution is 2.21.